The molecule has 0 amide bonds. The molecule has 1 rings (SSSR count). The van der Waals surface area contributed by atoms with Gasteiger partial charge in [-0.05, 0) is 13.8 Å². The molecule has 0 saturated carbocycles. The molecule has 3 heteroatoms. The summed E-state index contributed by atoms with van der Waals surface area (Å²) in [7, 11) is -1.13. The van der Waals surface area contributed by atoms with Gasteiger partial charge in [0, 0.05) is 17.6 Å². The molecular weight excluding hydrogens is 164 g/mol. The van der Waals surface area contributed by atoms with E-state index in [4.69, 9.17) is 0 Å². The molecule has 0 spiro atoms. The first-order chi connectivity index (χ1) is 5.43. The normalized spacial score (nSPS) is 18.2. The van der Waals surface area contributed by atoms with Crippen molar-refractivity contribution in [3.8, 4) is 0 Å². The second-order valence-corrected chi connectivity index (χ2v) is 9.72. The first-order valence-corrected chi connectivity index (χ1v) is 8.13. The lowest BCUT2D eigenvalue weighted by molar-refractivity contribution is 0.313. The Morgan fingerprint density at radius 1 is 1.42 bits per heavy atom. The Bertz CT molecular complexity index is 191. The van der Waals surface area contributed by atoms with Crippen molar-refractivity contribution >= 4 is 8.07 Å². The lowest BCUT2D eigenvalue weighted by Gasteiger charge is -2.32. The molecule has 0 aliphatic carbocycles. The van der Waals surface area contributed by atoms with E-state index in [1.165, 1.54) is 0 Å². The first kappa shape index (κ1) is 9.64. The molecule has 70 valence electrons. The predicted molar refractivity (Wildman–Crippen MR) is 56.4 cm³/mol. The van der Waals surface area contributed by atoms with Crippen molar-refractivity contribution < 1.29 is 0 Å². The van der Waals surface area contributed by atoms with E-state index in [2.05, 4.69) is 49.9 Å². The molecule has 2 nitrogen and oxygen atoms in total. The van der Waals surface area contributed by atoms with Crippen LogP contribution in [-0.4, -0.2) is 25.7 Å². The average Bonchev–Trinajstić information content (AvgIpc) is 2.30. The van der Waals surface area contributed by atoms with Crippen LogP contribution in [0.15, 0.2) is 11.5 Å². The molecule has 0 fully saturated rings. The van der Waals surface area contributed by atoms with Gasteiger partial charge >= 0.3 is 0 Å². The number of hydrogen-bond acceptors (Lipinski definition) is 2. The monoisotopic (exact) mass is 184 g/mol. The molecule has 0 atom stereocenters. The molecule has 12 heavy (non-hydrogen) atoms. The molecule has 0 bridgehead atoms. The van der Waals surface area contributed by atoms with Crippen LogP contribution in [0.2, 0.25) is 19.6 Å². The summed E-state index contributed by atoms with van der Waals surface area (Å²) >= 11 is 0. The molecule has 1 heterocycles. The van der Waals surface area contributed by atoms with Crippen LogP contribution in [0, 0.1) is 0 Å². The maximum absolute atomic E-state index is 3.31. The van der Waals surface area contributed by atoms with Gasteiger partial charge in [-0.25, -0.2) is 0 Å². The minimum absolute atomic E-state index is 0.623. The van der Waals surface area contributed by atoms with Gasteiger partial charge in [0.05, 0.1) is 14.7 Å². The van der Waals surface area contributed by atoms with E-state index in [0.29, 0.717) is 6.04 Å². The highest BCUT2D eigenvalue weighted by molar-refractivity contribution is 6.82. The van der Waals surface area contributed by atoms with Crippen LogP contribution in [0.3, 0.4) is 0 Å². The molecule has 0 saturated heterocycles. The van der Waals surface area contributed by atoms with E-state index in [-0.39, 0.29) is 0 Å². The number of hydrogen-bond donors (Lipinski definition) is 1. The molecule has 0 radical (unpaired) electrons. The van der Waals surface area contributed by atoms with Crippen molar-refractivity contribution in [2.45, 2.75) is 39.5 Å². The zero-order chi connectivity index (χ0) is 9.35. The van der Waals surface area contributed by atoms with Crippen molar-refractivity contribution in [1.29, 1.82) is 0 Å². The molecule has 1 aliphatic rings. The van der Waals surface area contributed by atoms with Crippen molar-refractivity contribution in [2.24, 2.45) is 0 Å². The fourth-order valence-corrected chi connectivity index (χ4v) is 3.25. The summed E-state index contributed by atoms with van der Waals surface area (Å²) in [5.41, 5.74) is 0. The molecule has 0 aromatic carbocycles. The van der Waals surface area contributed by atoms with Gasteiger partial charge in [-0.3, -0.25) is 0 Å². The van der Waals surface area contributed by atoms with E-state index in [1.807, 2.05) is 0 Å². The Balaban J connectivity index is 2.76. The minimum Gasteiger partial charge on any atom is -0.373 e. The third-order valence-electron chi connectivity index (χ3n) is 2.20. The smallest absolute Gasteiger partial charge is 0.1000 e. The number of nitrogens with one attached hydrogen (secondary N) is 1. The highest BCUT2D eigenvalue weighted by Gasteiger charge is 2.28. The average molecular weight is 184 g/mol. The van der Waals surface area contributed by atoms with E-state index >= 15 is 0 Å². The quantitative estimate of drug-likeness (QED) is 0.660. The Morgan fingerprint density at radius 3 is 2.33 bits per heavy atom. The predicted octanol–water partition coefficient (Wildman–Crippen LogP) is 1.98. The summed E-state index contributed by atoms with van der Waals surface area (Å²) < 4.78 is 0. The minimum atomic E-state index is -1.13. The van der Waals surface area contributed by atoms with Crippen LogP contribution < -0.4 is 5.32 Å². The SMILES string of the molecule is CC(C)N1CNC=C1[Si](C)(C)C. The maximum Gasteiger partial charge on any atom is 0.1000 e. The lowest BCUT2D eigenvalue weighted by atomic mass is 10.4. The van der Waals surface area contributed by atoms with Crippen LogP contribution >= 0.6 is 0 Å². The van der Waals surface area contributed by atoms with Gasteiger partial charge in [0.25, 0.3) is 0 Å². The summed E-state index contributed by atoms with van der Waals surface area (Å²) in [6.07, 6.45) is 2.20. The summed E-state index contributed by atoms with van der Waals surface area (Å²) in [5, 5.41) is 4.86. The van der Waals surface area contributed by atoms with Gasteiger partial charge in [0.1, 0.15) is 0 Å². The van der Waals surface area contributed by atoms with Gasteiger partial charge in [0.15, 0.2) is 0 Å². The Hall–Kier alpha value is -0.443. The van der Waals surface area contributed by atoms with Gasteiger partial charge < -0.3 is 10.2 Å². The van der Waals surface area contributed by atoms with Crippen molar-refractivity contribution in [3.05, 3.63) is 11.5 Å². The first-order valence-electron chi connectivity index (χ1n) is 4.63. The second kappa shape index (κ2) is 3.13. The van der Waals surface area contributed by atoms with Crippen molar-refractivity contribution in [3.63, 3.8) is 0 Å². The van der Waals surface area contributed by atoms with Crippen LogP contribution in [0.5, 0.6) is 0 Å². The Morgan fingerprint density at radius 2 is 2.00 bits per heavy atom. The van der Waals surface area contributed by atoms with Gasteiger partial charge in [-0.15, -0.1) is 0 Å². The highest BCUT2D eigenvalue weighted by atomic mass is 28.3. The van der Waals surface area contributed by atoms with Crippen LogP contribution in [0.4, 0.5) is 0 Å². The largest absolute Gasteiger partial charge is 0.373 e. The molecule has 0 aromatic heterocycles. The zero-order valence-corrected chi connectivity index (χ0v) is 9.81. The maximum atomic E-state index is 3.31. The standard InChI is InChI=1S/C9H20N2Si/c1-8(2)11-7-10-6-9(11)12(3,4)5/h6,8,10H,7H2,1-5H3. The van der Waals surface area contributed by atoms with Gasteiger partial charge in [0.2, 0.25) is 0 Å². The van der Waals surface area contributed by atoms with Crippen LogP contribution in [-0.2, 0) is 0 Å². The molecular formula is C9H20N2Si. The van der Waals surface area contributed by atoms with Crippen LogP contribution in [0.25, 0.3) is 0 Å². The zero-order valence-electron chi connectivity index (χ0n) is 8.81. The topological polar surface area (TPSA) is 15.3 Å². The van der Waals surface area contributed by atoms with Gasteiger partial charge in [-0.2, -0.15) is 0 Å². The third kappa shape index (κ3) is 1.83. The highest BCUT2D eigenvalue weighted by Crippen LogP contribution is 2.22. The molecule has 1 aliphatic heterocycles. The summed E-state index contributed by atoms with van der Waals surface area (Å²) in [6, 6.07) is 0.623. The Kier molecular flexibility index (Phi) is 2.51. The van der Waals surface area contributed by atoms with Crippen molar-refractivity contribution in [2.75, 3.05) is 6.67 Å². The van der Waals surface area contributed by atoms with E-state index < -0.39 is 8.07 Å². The second-order valence-electron chi connectivity index (χ2n) is 4.71. The molecule has 1 N–H and O–H groups in total. The summed E-state index contributed by atoms with van der Waals surface area (Å²) in [6.45, 7) is 12.7. The number of nitrogens with zero attached hydrogens (tertiary/aromatic N) is 1. The third-order valence-corrected chi connectivity index (χ3v) is 4.17. The molecule has 0 unspecified atom stereocenters. The van der Waals surface area contributed by atoms with Crippen LogP contribution in [0.1, 0.15) is 13.8 Å². The summed E-state index contributed by atoms with van der Waals surface area (Å²) in [5.74, 6) is 0. The van der Waals surface area contributed by atoms with E-state index in [1.54, 1.807) is 5.32 Å². The van der Waals surface area contributed by atoms with E-state index in [0.717, 1.165) is 6.67 Å². The van der Waals surface area contributed by atoms with E-state index in [9.17, 15) is 0 Å². The van der Waals surface area contributed by atoms with Gasteiger partial charge in [-0.1, -0.05) is 19.6 Å². The Labute approximate surface area is 76.7 Å². The summed E-state index contributed by atoms with van der Waals surface area (Å²) in [4.78, 5) is 2.46. The van der Waals surface area contributed by atoms with Crippen molar-refractivity contribution in [1.82, 2.24) is 10.2 Å². The fourth-order valence-electron chi connectivity index (χ4n) is 1.52. The number of rotatable bonds is 2. The fraction of sp³-hybridized carbons (Fsp3) is 0.778. The lowest BCUT2D eigenvalue weighted by Crippen LogP contribution is -2.39. The molecule has 0 aromatic rings.